The molecule has 1 aromatic heterocycles. The molecule has 0 radical (unpaired) electrons. The molecule has 0 aliphatic rings. The lowest BCUT2D eigenvalue weighted by Gasteiger charge is -2.10. The minimum Gasteiger partial charge on any atom is -0.330 e. The van der Waals surface area contributed by atoms with Crippen LogP contribution in [-0.4, -0.2) is 9.55 Å². The summed E-state index contributed by atoms with van der Waals surface area (Å²) in [5.41, 5.74) is 2.51. The number of rotatable bonds is 1. The van der Waals surface area contributed by atoms with Gasteiger partial charge in [0.05, 0.1) is 26.2 Å². The average molecular weight is 390 g/mol. The summed E-state index contributed by atoms with van der Waals surface area (Å²) in [6.45, 7) is 1.76. The van der Waals surface area contributed by atoms with Gasteiger partial charge in [0.1, 0.15) is 11.6 Å². The van der Waals surface area contributed by atoms with Crippen LogP contribution >= 0.6 is 39.7 Å². The Labute approximate surface area is 137 Å². The van der Waals surface area contributed by atoms with Gasteiger partial charge in [0, 0.05) is 6.07 Å². The molecule has 0 spiro atoms. The Balaban J connectivity index is 2.40. The fraction of sp³-hybridized carbons (Fsp3) is 0.0714. The van der Waals surface area contributed by atoms with Crippen molar-refractivity contribution in [1.29, 1.82) is 0 Å². The highest BCUT2D eigenvalue weighted by Crippen LogP contribution is 2.29. The van der Waals surface area contributed by atoms with Gasteiger partial charge in [-0.2, -0.15) is 0 Å². The number of nitrogens with one attached hydrogen (secondary N) is 1. The lowest BCUT2D eigenvalue weighted by atomic mass is 10.2. The predicted molar refractivity (Wildman–Crippen MR) is 85.8 cm³/mol. The maximum absolute atomic E-state index is 13.7. The van der Waals surface area contributed by atoms with Crippen molar-refractivity contribution in [2.45, 2.75) is 6.92 Å². The van der Waals surface area contributed by atoms with Crippen molar-refractivity contribution in [1.82, 2.24) is 9.55 Å². The zero-order valence-electron chi connectivity index (χ0n) is 10.7. The third kappa shape index (κ3) is 2.41. The molecule has 0 amide bonds. The Kier molecular flexibility index (Phi) is 3.63. The van der Waals surface area contributed by atoms with Gasteiger partial charge in [-0.1, -0.05) is 11.6 Å². The molecule has 1 N–H and O–H groups in total. The lowest BCUT2D eigenvalue weighted by molar-refractivity contribution is 0.619. The van der Waals surface area contributed by atoms with E-state index in [0.717, 1.165) is 0 Å². The number of aryl methyl sites for hydroxylation is 1. The molecule has 108 valence electrons. The van der Waals surface area contributed by atoms with E-state index in [0.29, 0.717) is 31.5 Å². The molecule has 0 aliphatic carbocycles. The van der Waals surface area contributed by atoms with Gasteiger partial charge >= 0.3 is 0 Å². The van der Waals surface area contributed by atoms with Crippen LogP contribution in [0.5, 0.6) is 0 Å². The number of aromatic amines is 1. The molecule has 2 aromatic carbocycles. The number of aromatic nitrogens is 2. The van der Waals surface area contributed by atoms with Crippen molar-refractivity contribution in [3.8, 4) is 5.69 Å². The van der Waals surface area contributed by atoms with Gasteiger partial charge < -0.3 is 4.98 Å². The number of hydrogen-bond acceptors (Lipinski definition) is 1. The SMILES string of the molecule is Cc1cc(F)c(Br)cc1-n1c(=S)[nH]c2cc(Cl)c(F)cc21. The van der Waals surface area contributed by atoms with Crippen LogP contribution in [-0.2, 0) is 0 Å². The van der Waals surface area contributed by atoms with Crippen LogP contribution in [0.1, 0.15) is 5.56 Å². The third-order valence-corrected chi connectivity index (χ3v) is 4.39. The van der Waals surface area contributed by atoms with E-state index in [1.54, 1.807) is 17.6 Å². The summed E-state index contributed by atoms with van der Waals surface area (Å²) in [4.78, 5) is 2.97. The highest BCUT2D eigenvalue weighted by molar-refractivity contribution is 9.10. The van der Waals surface area contributed by atoms with Crippen LogP contribution in [0.3, 0.4) is 0 Å². The summed E-state index contributed by atoms with van der Waals surface area (Å²) in [6.07, 6.45) is 0. The molecule has 0 aliphatic heterocycles. The van der Waals surface area contributed by atoms with E-state index >= 15 is 0 Å². The van der Waals surface area contributed by atoms with Crippen molar-refractivity contribution >= 4 is 50.8 Å². The van der Waals surface area contributed by atoms with E-state index in [-0.39, 0.29) is 10.8 Å². The van der Waals surface area contributed by atoms with Gasteiger partial charge in [-0.25, -0.2) is 8.78 Å². The van der Waals surface area contributed by atoms with E-state index in [2.05, 4.69) is 20.9 Å². The van der Waals surface area contributed by atoms with Crippen molar-refractivity contribution in [3.05, 3.63) is 55.7 Å². The summed E-state index contributed by atoms with van der Waals surface area (Å²) < 4.78 is 29.7. The molecule has 1 heterocycles. The summed E-state index contributed by atoms with van der Waals surface area (Å²) in [7, 11) is 0. The van der Waals surface area contributed by atoms with Crippen LogP contribution in [0.15, 0.2) is 28.7 Å². The monoisotopic (exact) mass is 388 g/mol. The quantitative estimate of drug-likeness (QED) is 0.530. The van der Waals surface area contributed by atoms with Crippen LogP contribution in [0.25, 0.3) is 16.7 Å². The number of benzene rings is 2. The Morgan fingerprint density at radius 3 is 2.62 bits per heavy atom. The largest absolute Gasteiger partial charge is 0.330 e. The van der Waals surface area contributed by atoms with Gasteiger partial charge in [0.2, 0.25) is 0 Å². The molecule has 0 fully saturated rings. The Hall–Kier alpha value is -1.24. The van der Waals surface area contributed by atoms with E-state index in [4.69, 9.17) is 23.8 Å². The van der Waals surface area contributed by atoms with Crippen LogP contribution in [0, 0.1) is 23.3 Å². The lowest BCUT2D eigenvalue weighted by Crippen LogP contribution is -1.99. The maximum atomic E-state index is 13.7. The minimum absolute atomic E-state index is 0.0166. The zero-order valence-corrected chi connectivity index (χ0v) is 13.8. The second-order valence-corrected chi connectivity index (χ2v) is 6.25. The predicted octanol–water partition coefficient (Wildman–Crippen LogP) is 5.69. The molecule has 0 unspecified atom stereocenters. The molecule has 3 aromatic rings. The highest BCUT2D eigenvalue weighted by Gasteiger charge is 2.14. The summed E-state index contributed by atoms with van der Waals surface area (Å²) in [5.74, 6) is -0.900. The van der Waals surface area contributed by atoms with Crippen LogP contribution in [0.2, 0.25) is 5.02 Å². The zero-order chi connectivity index (χ0) is 15.3. The molecule has 2 nitrogen and oxygen atoms in total. The molecular formula is C14H8BrClF2N2S. The highest BCUT2D eigenvalue weighted by atomic mass is 79.9. The fourth-order valence-corrected chi connectivity index (χ4v) is 3.02. The van der Waals surface area contributed by atoms with Gasteiger partial charge in [-0.15, -0.1) is 0 Å². The van der Waals surface area contributed by atoms with E-state index in [1.807, 2.05) is 0 Å². The summed E-state index contributed by atoms with van der Waals surface area (Å²) >= 11 is 14.2. The molecule has 0 atom stereocenters. The number of imidazole rings is 1. The van der Waals surface area contributed by atoms with Gasteiger partial charge in [-0.3, -0.25) is 4.57 Å². The number of nitrogens with zero attached hydrogens (tertiary/aromatic N) is 1. The first-order valence-corrected chi connectivity index (χ1v) is 7.52. The van der Waals surface area contributed by atoms with Crippen LogP contribution < -0.4 is 0 Å². The van der Waals surface area contributed by atoms with Crippen LogP contribution in [0.4, 0.5) is 8.78 Å². The van der Waals surface area contributed by atoms with Gasteiger partial charge in [0.25, 0.3) is 0 Å². The van der Waals surface area contributed by atoms with Gasteiger partial charge in [-0.05, 0) is 58.8 Å². The first-order valence-electron chi connectivity index (χ1n) is 5.94. The van der Waals surface area contributed by atoms with E-state index < -0.39 is 5.82 Å². The van der Waals surface area contributed by atoms with Gasteiger partial charge in [0.15, 0.2) is 4.77 Å². The summed E-state index contributed by atoms with van der Waals surface area (Å²) in [6, 6.07) is 5.79. The summed E-state index contributed by atoms with van der Waals surface area (Å²) in [5, 5.41) is 0.0166. The number of fused-ring (bicyclic) bond motifs is 1. The molecule has 0 saturated heterocycles. The van der Waals surface area contributed by atoms with Crippen molar-refractivity contribution in [2.24, 2.45) is 0 Å². The number of halogens is 4. The molecule has 0 saturated carbocycles. The smallest absolute Gasteiger partial charge is 0.182 e. The molecular weight excluding hydrogens is 382 g/mol. The standard InChI is InChI=1S/C14H8BrClF2N2S/c1-6-2-9(17)7(15)3-12(6)20-13-5-10(18)8(16)4-11(13)19-14(20)21/h2-5H,1H3,(H,19,21). The first-order chi connectivity index (χ1) is 9.88. The fourth-order valence-electron chi connectivity index (χ4n) is 2.22. The number of hydrogen-bond donors (Lipinski definition) is 1. The third-order valence-electron chi connectivity index (χ3n) is 3.20. The Bertz CT molecular complexity index is 933. The Morgan fingerprint density at radius 2 is 1.90 bits per heavy atom. The molecule has 21 heavy (non-hydrogen) atoms. The topological polar surface area (TPSA) is 20.7 Å². The van der Waals surface area contributed by atoms with Crippen molar-refractivity contribution < 1.29 is 8.78 Å². The maximum Gasteiger partial charge on any atom is 0.182 e. The molecule has 7 heteroatoms. The second kappa shape index (κ2) is 5.19. The van der Waals surface area contributed by atoms with Crippen molar-refractivity contribution in [2.75, 3.05) is 0 Å². The first kappa shape index (κ1) is 14.7. The minimum atomic E-state index is -0.536. The molecule has 0 bridgehead atoms. The Morgan fingerprint density at radius 1 is 1.19 bits per heavy atom. The number of H-pyrrole nitrogens is 1. The normalized spacial score (nSPS) is 11.3. The molecule has 3 rings (SSSR count). The second-order valence-electron chi connectivity index (χ2n) is 4.60. The average Bonchev–Trinajstić information content (AvgIpc) is 2.70. The van der Waals surface area contributed by atoms with Crippen molar-refractivity contribution in [3.63, 3.8) is 0 Å². The van der Waals surface area contributed by atoms with E-state index in [1.165, 1.54) is 18.2 Å². The van der Waals surface area contributed by atoms with E-state index in [9.17, 15) is 8.78 Å².